The topological polar surface area (TPSA) is 43.9 Å². The number of amides is 2. The Morgan fingerprint density at radius 2 is 1.89 bits per heavy atom. The summed E-state index contributed by atoms with van der Waals surface area (Å²) in [6.45, 7) is 4.27. The van der Waals surface area contributed by atoms with Gasteiger partial charge in [0, 0.05) is 39.1 Å². The van der Waals surface area contributed by atoms with Crippen LogP contribution < -0.4 is 0 Å². The van der Waals surface area contributed by atoms with Crippen LogP contribution in [-0.4, -0.2) is 73.3 Å². The van der Waals surface area contributed by atoms with Crippen LogP contribution in [0.4, 0.5) is 0 Å². The zero-order valence-electron chi connectivity index (χ0n) is 17.3. The fourth-order valence-electron chi connectivity index (χ4n) is 5.27. The summed E-state index contributed by atoms with van der Waals surface area (Å²) >= 11 is 0. The van der Waals surface area contributed by atoms with E-state index in [0.717, 1.165) is 64.8 Å². The third kappa shape index (κ3) is 3.82. The molecule has 2 fully saturated rings. The Hall–Kier alpha value is -1.88. The van der Waals surface area contributed by atoms with Crippen LogP contribution in [0.2, 0.25) is 0 Å². The van der Waals surface area contributed by atoms with Crippen LogP contribution in [0.3, 0.4) is 0 Å². The molecule has 1 aliphatic carbocycles. The van der Waals surface area contributed by atoms with Crippen molar-refractivity contribution in [2.45, 2.75) is 44.4 Å². The molecule has 2 saturated heterocycles. The number of carbonyl (C=O) groups is 2. The molecule has 0 aromatic heterocycles. The fraction of sp³-hybridized carbons (Fsp3) is 0.652. The predicted molar refractivity (Wildman–Crippen MR) is 110 cm³/mol. The number of likely N-dealkylation sites (tertiary alicyclic amines) is 2. The SMILES string of the molecule is CN(C)CCN1CC2(CCC1=O)CCN(C(=O)[C@H]1CCc3ccccc31)CC2. The number of aryl methyl sites for hydroxylation is 1. The van der Waals surface area contributed by atoms with Crippen molar-refractivity contribution < 1.29 is 9.59 Å². The number of fused-ring (bicyclic) bond motifs is 1. The molecule has 2 aliphatic heterocycles. The molecule has 152 valence electrons. The summed E-state index contributed by atoms with van der Waals surface area (Å²) in [4.78, 5) is 31.8. The molecule has 1 atom stereocenters. The lowest BCUT2D eigenvalue weighted by Gasteiger charge is -2.48. The normalized spacial score (nSPS) is 24.1. The van der Waals surface area contributed by atoms with Crippen LogP contribution in [0.15, 0.2) is 24.3 Å². The summed E-state index contributed by atoms with van der Waals surface area (Å²) in [5.41, 5.74) is 2.80. The summed E-state index contributed by atoms with van der Waals surface area (Å²) < 4.78 is 0. The molecule has 0 saturated carbocycles. The average molecular weight is 384 g/mol. The minimum atomic E-state index is 0.0507. The van der Waals surface area contributed by atoms with Gasteiger partial charge >= 0.3 is 0 Å². The number of nitrogens with zero attached hydrogens (tertiary/aromatic N) is 3. The van der Waals surface area contributed by atoms with Crippen LogP contribution in [0.5, 0.6) is 0 Å². The van der Waals surface area contributed by atoms with Gasteiger partial charge in [-0.15, -0.1) is 0 Å². The molecule has 0 unspecified atom stereocenters. The van der Waals surface area contributed by atoms with E-state index >= 15 is 0 Å². The number of hydrogen-bond donors (Lipinski definition) is 0. The maximum absolute atomic E-state index is 13.2. The van der Waals surface area contributed by atoms with Gasteiger partial charge in [0.15, 0.2) is 0 Å². The van der Waals surface area contributed by atoms with Crippen LogP contribution >= 0.6 is 0 Å². The van der Waals surface area contributed by atoms with Gasteiger partial charge in [0.05, 0.1) is 5.92 Å². The van der Waals surface area contributed by atoms with Gasteiger partial charge in [0.25, 0.3) is 0 Å². The van der Waals surface area contributed by atoms with Crippen LogP contribution in [-0.2, 0) is 16.0 Å². The molecule has 4 rings (SSSR count). The summed E-state index contributed by atoms with van der Waals surface area (Å²) in [5, 5.41) is 0. The third-order valence-electron chi connectivity index (χ3n) is 7.13. The number of hydrogen-bond acceptors (Lipinski definition) is 3. The van der Waals surface area contributed by atoms with E-state index in [9.17, 15) is 9.59 Å². The van der Waals surface area contributed by atoms with Crippen molar-refractivity contribution in [2.24, 2.45) is 5.41 Å². The molecule has 2 heterocycles. The summed E-state index contributed by atoms with van der Waals surface area (Å²) in [6.07, 6.45) is 5.67. The van der Waals surface area contributed by atoms with E-state index in [1.807, 2.05) is 0 Å². The number of piperidine rings is 2. The maximum atomic E-state index is 13.2. The van der Waals surface area contributed by atoms with Gasteiger partial charge in [-0.1, -0.05) is 24.3 Å². The number of benzene rings is 1. The van der Waals surface area contributed by atoms with Gasteiger partial charge in [0.1, 0.15) is 0 Å². The lowest BCUT2D eigenvalue weighted by molar-refractivity contribution is -0.143. The molecule has 1 aromatic rings. The van der Waals surface area contributed by atoms with Crippen LogP contribution in [0.1, 0.15) is 49.1 Å². The lowest BCUT2D eigenvalue weighted by atomic mass is 9.72. The van der Waals surface area contributed by atoms with Crippen molar-refractivity contribution >= 4 is 11.8 Å². The second-order valence-electron chi connectivity index (χ2n) is 9.23. The van der Waals surface area contributed by atoms with Crippen molar-refractivity contribution in [1.29, 1.82) is 0 Å². The Labute approximate surface area is 168 Å². The molecule has 1 aromatic carbocycles. The summed E-state index contributed by atoms with van der Waals surface area (Å²) in [5.74, 6) is 0.666. The first-order chi connectivity index (χ1) is 13.5. The molecule has 1 spiro atoms. The molecule has 5 heteroatoms. The lowest BCUT2D eigenvalue weighted by Crippen LogP contribution is -2.53. The first kappa shape index (κ1) is 19.4. The minimum absolute atomic E-state index is 0.0507. The van der Waals surface area contributed by atoms with Gasteiger partial charge in [-0.25, -0.2) is 0 Å². The quantitative estimate of drug-likeness (QED) is 0.802. The van der Waals surface area contributed by atoms with Crippen molar-refractivity contribution in [2.75, 3.05) is 46.8 Å². The second-order valence-corrected chi connectivity index (χ2v) is 9.23. The Bertz CT molecular complexity index is 737. The molecule has 2 amide bonds. The molecule has 28 heavy (non-hydrogen) atoms. The number of likely N-dealkylation sites (N-methyl/N-ethyl adjacent to an activating group) is 1. The molecule has 0 radical (unpaired) electrons. The van der Waals surface area contributed by atoms with Gasteiger partial charge in [-0.05, 0) is 62.7 Å². The van der Waals surface area contributed by atoms with Crippen LogP contribution in [0, 0.1) is 5.41 Å². The zero-order chi connectivity index (χ0) is 19.7. The van der Waals surface area contributed by atoms with Gasteiger partial charge in [-0.3, -0.25) is 9.59 Å². The van der Waals surface area contributed by atoms with E-state index in [1.165, 1.54) is 11.1 Å². The third-order valence-corrected chi connectivity index (χ3v) is 7.13. The van der Waals surface area contributed by atoms with Gasteiger partial charge in [-0.2, -0.15) is 0 Å². The standard InChI is InChI=1S/C23H33N3O2/c1-24(2)15-16-26-17-23(10-9-21(26)27)11-13-25(14-12-23)22(28)20-8-7-18-5-3-4-6-19(18)20/h3-6,20H,7-17H2,1-2H3/t20-/m0/s1. The highest BCUT2D eigenvalue weighted by atomic mass is 16.2. The van der Waals surface area contributed by atoms with Crippen molar-refractivity contribution in [3.63, 3.8) is 0 Å². The highest BCUT2D eigenvalue weighted by Gasteiger charge is 2.42. The number of rotatable bonds is 4. The largest absolute Gasteiger partial charge is 0.342 e. The van der Waals surface area contributed by atoms with E-state index in [2.05, 4.69) is 53.1 Å². The Morgan fingerprint density at radius 3 is 2.64 bits per heavy atom. The maximum Gasteiger partial charge on any atom is 0.230 e. The van der Waals surface area contributed by atoms with E-state index in [4.69, 9.17) is 0 Å². The minimum Gasteiger partial charge on any atom is -0.342 e. The monoisotopic (exact) mass is 383 g/mol. The van der Waals surface area contributed by atoms with Crippen molar-refractivity contribution in [3.05, 3.63) is 35.4 Å². The zero-order valence-corrected chi connectivity index (χ0v) is 17.3. The summed E-state index contributed by atoms with van der Waals surface area (Å²) in [6, 6.07) is 8.42. The average Bonchev–Trinajstić information content (AvgIpc) is 3.13. The predicted octanol–water partition coefficient (Wildman–Crippen LogP) is 2.51. The van der Waals surface area contributed by atoms with E-state index in [1.54, 1.807) is 0 Å². The molecule has 3 aliphatic rings. The Balaban J connectivity index is 1.36. The molecular formula is C23H33N3O2. The smallest absolute Gasteiger partial charge is 0.230 e. The van der Waals surface area contributed by atoms with E-state index in [-0.39, 0.29) is 11.3 Å². The first-order valence-corrected chi connectivity index (χ1v) is 10.8. The van der Waals surface area contributed by atoms with Crippen molar-refractivity contribution in [3.8, 4) is 0 Å². The highest BCUT2D eigenvalue weighted by molar-refractivity contribution is 5.85. The fourth-order valence-corrected chi connectivity index (χ4v) is 5.27. The molecule has 5 nitrogen and oxygen atoms in total. The Morgan fingerprint density at radius 1 is 1.14 bits per heavy atom. The first-order valence-electron chi connectivity index (χ1n) is 10.8. The highest BCUT2D eigenvalue weighted by Crippen LogP contribution is 2.42. The molecule has 0 bridgehead atoms. The van der Waals surface area contributed by atoms with Crippen molar-refractivity contribution in [1.82, 2.24) is 14.7 Å². The van der Waals surface area contributed by atoms with Gasteiger partial charge in [0.2, 0.25) is 11.8 Å². The summed E-state index contributed by atoms with van der Waals surface area (Å²) in [7, 11) is 4.10. The van der Waals surface area contributed by atoms with E-state index in [0.29, 0.717) is 18.2 Å². The molecule has 0 N–H and O–H groups in total. The second kappa shape index (κ2) is 7.86. The molecular weight excluding hydrogens is 350 g/mol. The number of carbonyl (C=O) groups excluding carboxylic acids is 2. The van der Waals surface area contributed by atoms with E-state index < -0.39 is 0 Å². The van der Waals surface area contributed by atoms with Gasteiger partial charge < -0.3 is 14.7 Å². The van der Waals surface area contributed by atoms with Crippen LogP contribution in [0.25, 0.3) is 0 Å². The Kier molecular flexibility index (Phi) is 5.46.